The van der Waals surface area contributed by atoms with Gasteiger partial charge in [0.1, 0.15) is 0 Å². The summed E-state index contributed by atoms with van der Waals surface area (Å²) in [5.74, 6) is -0.123. The molecule has 0 heterocycles. The minimum atomic E-state index is -3.48. The largest absolute Gasteiger partial charge is 0.340 e. The molecule has 0 aromatic heterocycles. The molecule has 6 nitrogen and oxygen atoms in total. The Hall–Kier alpha value is -1.15. The van der Waals surface area contributed by atoms with Crippen molar-refractivity contribution in [3.05, 3.63) is 29.8 Å². The molecule has 23 heavy (non-hydrogen) atoms. The predicted molar refractivity (Wildman–Crippen MR) is 94.7 cm³/mol. The second-order valence-corrected chi connectivity index (χ2v) is 6.88. The Bertz CT molecular complexity index is 586. The summed E-state index contributed by atoms with van der Waals surface area (Å²) < 4.78 is 26.1. The molecule has 1 amide bonds. The quantitative estimate of drug-likeness (QED) is 0.758. The van der Waals surface area contributed by atoms with Crippen LogP contribution in [0, 0.1) is 0 Å². The van der Waals surface area contributed by atoms with E-state index in [4.69, 9.17) is 0 Å². The van der Waals surface area contributed by atoms with Crippen molar-refractivity contribution in [1.29, 1.82) is 0 Å². The van der Waals surface area contributed by atoms with Gasteiger partial charge in [0.25, 0.3) is 5.91 Å². The summed E-state index contributed by atoms with van der Waals surface area (Å²) in [5.41, 5.74) is 0.483. The van der Waals surface area contributed by atoms with Crippen LogP contribution >= 0.6 is 12.4 Å². The smallest absolute Gasteiger partial charge is 0.253 e. The second kappa shape index (κ2) is 9.87. The summed E-state index contributed by atoms with van der Waals surface area (Å²) in [4.78, 5) is 14.0. The van der Waals surface area contributed by atoms with E-state index in [9.17, 15) is 13.2 Å². The third-order valence-corrected chi connectivity index (χ3v) is 5.55. The maximum atomic E-state index is 12.4. The molecule has 0 fully saturated rings. The van der Waals surface area contributed by atoms with Crippen molar-refractivity contribution in [2.24, 2.45) is 0 Å². The Morgan fingerprint density at radius 3 is 2.09 bits per heavy atom. The molecule has 1 N–H and O–H groups in total. The van der Waals surface area contributed by atoms with Crippen LogP contribution in [0.5, 0.6) is 0 Å². The molecule has 0 aliphatic carbocycles. The van der Waals surface area contributed by atoms with Gasteiger partial charge in [-0.05, 0) is 31.3 Å². The van der Waals surface area contributed by atoms with Crippen LogP contribution in [0.1, 0.15) is 24.2 Å². The van der Waals surface area contributed by atoms with Crippen LogP contribution in [0.25, 0.3) is 0 Å². The number of hydrogen-bond acceptors (Lipinski definition) is 4. The van der Waals surface area contributed by atoms with Crippen molar-refractivity contribution < 1.29 is 13.2 Å². The molecule has 0 bridgehead atoms. The molecule has 0 saturated carbocycles. The zero-order chi connectivity index (χ0) is 16.8. The molecule has 0 atom stereocenters. The van der Waals surface area contributed by atoms with Crippen LogP contribution in [0.4, 0.5) is 0 Å². The third kappa shape index (κ3) is 5.46. The molecule has 8 heteroatoms. The van der Waals surface area contributed by atoms with E-state index >= 15 is 0 Å². The molecule has 0 saturated heterocycles. The van der Waals surface area contributed by atoms with Gasteiger partial charge in [0.2, 0.25) is 10.0 Å². The lowest BCUT2D eigenvalue weighted by Crippen LogP contribution is -2.33. The number of halogens is 1. The highest BCUT2D eigenvalue weighted by atomic mass is 35.5. The highest BCUT2D eigenvalue weighted by Gasteiger charge is 2.22. The second-order valence-electron chi connectivity index (χ2n) is 4.94. The van der Waals surface area contributed by atoms with E-state index in [2.05, 4.69) is 5.32 Å². The van der Waals surface area contributed by atoms with Crippen molar-refractivity contribution in [3.8, 4) is 0 Å². The summed E-state index contributed by atoms with van der Waals surface area (Å²) in [7, 11) is 0.0674. The Kier molecular flexibility index (Phi) is 9.38. The summed E-state index contributed by atoms with van der Waals surface area (Å²) in [6, 6.07) is 6.11. The van der Waals surface area contributed by atoms with Crippen LogP contribution in [0.15, 0.2) is 29.2 Å². The van der Waals surface area contributed by atoms with E-state index < -0.39 is 10.0 Å². The molecule has 132 valence electrons. The number of rotatable bonds is 8. The van der Waals surface area contributed by atoms with Crippen molar-refractivity contribution >= 4 is 28.3 Å². The molecule has 0 aliphatic rings. The first-order valence-corrected chi connectivity index (χ1v) is 8.82. The Labute approximate surface area is 145 Å². The van der Waals surface area contributed by atoms with Crippen molar-refractivity contribution in [3.63, 3.8) is 0 Å². The highest BCUT2D eigenvalue weighted by molar-refractivity contribution is 7.89. The van der Waals surface area contributed by atoms with Gasteiger partial charge in [-0.15, -0.1) is 12.4 Å². The van der Waals surface area contributed by atoms with Gasteiger partial charge in [-0.1, -0.05) is 13.8 Å². The van der Waals surface area contributed by atoms with Crippen molar-refractivity contribution in [2.45, 2.75) is 18.7 Å². The van der Waals surface area contributed by atoms with Gasteiger partial charge in [-0.25, -0.2) is 8.42 Å². The van der Waals surface area contributed by atoms with E-state index in [1.807, 2.05) is 7.05 Å². The number of benzene rings is 1. The molecule has 0 spiro atoms. The zero-order valence-corrected chi connectivity index (χ0v) is 15.7. The number of sulfonamides is 1. The van der Waals surface area contributed by atoms with Crippen molar-refractivity contribution in [1.82, 2.24) is 14.5 Å². The van der Waals surface area contributed by atoms with Crippen LogP contribution in [-0.2, 0) is 10.0 Å². The van der Waals surface area contributed by atoms with E-state index in [-0.39, 0.29) is 23.2 Å². The monoisotopic (exact) mass is 363 g/mol. The van der Waals surface area contributed by atoms with E-state index in [1.54, 1.807) is 37.9 Å². The SMILES string of the molecule is CCN(CC)S(=O)(=O)c1ccc(C(=O)N(C)CCNC)cc1.Cl. The molecule has 0 unspecified atom stereocenters. The number of carbonyl (C=O) groups excluding carboxylic acids is 1. The maximum Gasteiger partial charge on any atom is 0.253 e. The average Bonchev–Trinajstić information content (AvgIpc) is 2.52. The van der Waals surface area contributed by atoms with Crippen LogP contribution in [-0.4, -0.2) is 63.8 Å². The first-order valence-electron chi connectivity index (χ1n) is 7.38. The molecule has 1 rings (SSSR count). The maximum absolute atomic E-state index is 12.4. The molecule has 1 aromatic rings. The lowest BCUT2D eigenvalue weighted by Gasteiger charge is -2.19. The Balaban J connectivity index is 0.00000484. The Morgan fingerprint density at radius 2 is 1.65 bits per heavy atom. The van der Waals surface area contributed by atoms with Gasteiger partial charge in [0, 0.05) is 38.8 Å². The van der Waals surface area contributed by atoms with E-state index in [0.29, 0.717) is 31.7 Å². The molecule has 0 radical (unpaired) electrons. The van der Waals surface area contributed by atoms with Crippen LogP contribution in [0.2, 0.25) is 0 Å². The van der Waals surface area contributed by atoms with Crippen molar-refractivity contribution in [2.75, 3.05) is 40.3 Å². The number of likely N-dealkylation sites (N-methyl/N-ethyl adjacent to an activating group) is 2. The number of amides is 1. The molecule has 1 aromatic carbocycles. The summed E-state index contributed by atoms with van der Waals surface area (Å²) in [5, 5.41) is 2.98. The van der Waals surface area contributed by atoms with Gasteiger partial charge in [0.05, 0.1) is 4.90 Å². The highest BCUT2D eigenvalue weighted by Crippen LogP contribution is 2.16. The number of hydrogen-bond donors (Lipinski definition) is 1. The summed E-state index contributed by atoms with van der Waals surface area (Å²) in [6.45, 7) is 5.75. The van der Waals surface area contributed by atoms with E-state index in [1.165, 1.54) is 16.4 Å². The van der Waals surface area contributed by atoms with E-state index in [0.717, 1.165) is 0 Å². The van der Waals surface area contributed by atoms with Gasteiger partial charge >= 0.3 is 0 Å². The normalized spacial score (nSPS) is 11.2. The van der Waals surface area contributed by atoms with Gasteiger partial charge in [-0.3, -0.25) is 4.79 Å². The summed E-state index contributed by atoms with van der Waals surface area (Å²) >= 11 is 0. The van der Waals surface area contributed by atoms with Gasteiger partial charge in [0.15, 0.2) is 0 Å². The number of nitrogens with zero attached hydrogens (tertiary/aromatic N) is 2. The first-order chi connectivity index (χ1) is 10.4. The fourth-order valence-electron chi connectivity index (χ4n) is 2.08. The lowest BCUT2D eigenvalue weighted by atomic mass is 10.2. The fraction of sp³-hybridized carbons (Fsp3) is 0.533. The summed E-state index contributed by atoms with van der Waals surface area (Å²) in [6.07, 6.45) is 0. The molecular formula is C15H26ClN3O3S. The topological polar surface area (TPSA) is 69.7 Å². The zero-order valence-electron chi connectivity index (χ0n) is 14.1. The number of nitrogens with one attached hydrogen (secondary N) is 1. The molecule has 0 aliphatic heterocycles. The van der Waals surface area contributed by atoms with Crippen LogP contribution < -0.4 is 5.32 Å². The number of carbonyl (C=O) groups is 1. The van der Waals surface area contributed by atoms with Gasteiger partial charge < -0.3 is 10.2 Å². The fourth-order valence-corrected chi connectivity index (χ4v) is 3.54. The van der Waals surface area contributed by atoms with Crippen LogP contribution in [0.3, 0.4) is 0 Å². The van der Waals surface area contributed by atoms with Gasteiger partial charge in [-0.2, -0.15) is 4.31 Å². The standard InChI is InChI=1S/C15H25N3O3S.ClH/c1-5-18(6-2)22(20,21)14-9-7-13(8-10-14)15(19)17(4)12-11-16-3;/h7-10,16H,5-6,11-12H2,1-4H3;1H. The average molecular weight is 364 g/mol. The predicted octanol–water partition coefficient (Wildman–Crippen LogP) is 1.43. The minimum Gasteiger partial charge on any atom is -0.340 e. The first kappa shape index (κ1) is 21.9. The molecular weight excluding hydrogens is 338 g/mol. The Morgan fingerprint density at radius 1 is 1.13 bits per heavy atom. The third-order valence-electron chi connectivity index (χ3n) is 3.49. The lowest BCUT2D eigenvalue weighted by molar-refractivity contribution is 0.0796. The minimum absolute atomic E-state index is 0.